The number of benzene rings is 1. The average molecular weight is 409 g/mol. The molecule has 4 nitrogen and oxygen atoms in total. The highest BCUT2D eigenvalue weighted by molar-refractivity contribution is 14.0. The van der Waals surface area contributed by atoms with Crippen LogP contribution in [-0.2, 0) is 0 Å². The van der Waals surface area contributed by atoms with Gasteiger partial charge in [-0.15, -0.1) is 24.0 Å². The third kappa shape index (κ3) is 9.49. The van der Waals surface area contributed by atoms with Crippen molar-refractivity contribution in [3.05, 3.63) is 30.1 Å². The van der Waals surface area contributed by atoms with Gasteiger partial charge >= 0.3 is 0 Å². The summed E-state index contributed by atoms with van der Waals surface area (Å²) in [5.74, 6) is 1.23. The third-order valence-electron chi connectivity index (χ3n) is 2.68. The first-order chi connectivity index (χ1) is 9.47. The van der Waals surface area contributed by atoms with Crippen molar-refractivity contribution in [2.24, 2.45) is 16.6 Å². The molecule has 0 aromatic heterocycles. The van der Waals surface area contributed by atoms with Crippen molar-refractivity contribution < 1.29 is 9.13 Å². The summed E-state index contributed by atoms with van der Waals surface area (Å²) in [4.78, 5) is 4.20. The second-order valence-corrected chi connectivity index (χ2v) is 5.22. The van der Waals surface area contributed by atoms with Crippen molar-refractivity contribution in [1.29, 1.82) is 0 Å². The van der Waals surface area contributed by atoms with Crippen LogP contribution in [0.3, 0.4) is 0 Å². The van der Waals surface area contributed by atoms with Gasteiger partial charge in [0, 0.05) is 12.6 Å². The monoisotopic (exact) mass is 409 g/mol. The minimum atomic E-state index is -0.312. The zero-order chi connectivity index (χ0) is 15.0. The third-order valence-corrected chi connectivity index (χ3v) is 2.68. The molecule has 1 aromatic carbocycles. The fourth-order valence-corrected chi connectivity index (χ4v) is 1.58. The predicted octanol–water partition coefficient (Wildman–Crippen LogP) is 3.16. The fraction of sp³-hybridized carbons (Fsp3) is 0.533. The first kappa shape index (κ1) is 19.9. The molecule has 0 aliphatic carbocycles. The summed E-state index contributed by atoms with van der Waals surface area (Å²) in [7, 11) is 0. The Labute approximate surface area is 143 Å². The van der Waals surface area contributed by atoms with Gasteiger partial charge < -0.3 is 15.8 Å². The Morgan fingerprint density at radius 1 is 1.38 bits per heavy atom. The van der Waals surface area contributed by atoms with E-state index in [0.717, 1.165) is 13.0 Å². The van der Waals surface area contributed by atoms with Gasteiger partial charge in [-0.25, -0.2) is 9.38 Å². The first-order valence-electron chi connectivity index (χ1n) is 6.93. The van der Waals surface area contributed by atoms with Gasteiger partial charge in [0.05, 0.1) is 6.54 Å². The molecular weight excluding hydrogens is 384 g/mol. The van der Waals surface area contributed by atoms with Gasteiger partial charge in [0.2, 0.25) is 0 Å². The average Bonchev–Trinajstić information content (AvgIpc) is 2.36. The van der Waals surface area contributed by atoms with Crippen molar-refractivity contribution in [3.63, 3.8) is 0 Å². The molecule has 0 saturated carbocycles. The predicted molar refractivity (Wildman–Crippen MR) is 95.9 cm³/mol. The standard InChI is InChI=1S/C15H24FN3O.HI/c1-11(2)7-8-18-15(17)19-10-12(3)20-14-6-4-5-13(16)9-14;/h4-6,9,11-12H,7-8,10H2,1-3H3,(H3,17,18,19);1H. The van der Waals surface area contributed by atoms with Gasteiger partial charge in [0.15, 0.2) is 5.96 Å². The van der Waals surface area contributed by atoms with Crippen molar-refractivity contribution in [2.75, 3.05) is 13.1 Å². The maximum absolute atomic E-state index is 13.0. The minimum absolute atomic E-state index is 0. The van der Waals surface area contributed by atoms with Gasteiger partial charge in [-0.1, -0.05) is 19.9 Å². The van der Waals surface area contributed by atoms with Gasteiger partial charge in [0.25, 0.3) is 0 Å². The minimum Gasteiger partial charge on any atom is -0.489 e. The molecule has 6 heteroatoms. The smallest absolute Gasteiger partial charge is 0.188 e. The fourth-order valence-electron chi connectivity index (χ4n) is 1.58. The topological polar surface area (TPSA) is 59.6 Å². The van der Waals surface area contributed by atoms with Crippen molar-refractivity contribution in [2.45, 2.75) is 33.3 Å². The van der Waals surface area contributed by atoms with E-state index in [1.54, 1.807) is 12.1 Å². The summed E-state index contributed by atoms with van der Waals surface area (Å²) >= 11 is 0. The number of nitrogens with two attached hydrogens (primary N) is 1. The zero-order valence-corrected chi connectivity index (χ0v) is 15.1. The maximum Gasteiger partial charge on any atom is 0.188 e. The lowest BCUT2D eigenvalue weighted by atomic mass is 10.1. The molecule has 1 rings (SSSR count). The maximum atomic E-state index is 13.0. The number of halogens is 2. The van der Waals surface area contributed by atoms with Gasteiger partial charge in [0.1, 0.15) is 17.7 Å². The molecular formula is C15H25FIN3O. The molecule has 0 heterocycles. The quantitative estimate of drug-likeness (QED) is 0.413. The van der Waals surface area contributed by atoms with Crippen molar-refractivity contribution >= 4 is 29.9 Å². The highest BCUT2D eigenvalue weighted by Gasteiger charge is 2.04. The Morgan fingerprint density at radius 3 is 2.71 bits per heavy atom. The molecule has 21 heavy (non-hydrogen) atoms. The molecule has 1 atom stereocenters. The number of aliphatic imine (C=N–C) groups is 1. The molecule has 0 aliphatic rings. The molecule has 0 aliphatic heterocycles. The van der Waals surface area contributed by atoms with E-state index in [9.17, 15) is 4.39 Å². The number of guanidine groups is 1. The van der Waals surface area contributed by atoms with Crippen LogP contribution in [0.5, 0.6) is 5.75 Å². The Balaban J connectivity index is 0.00000400. The van der Waals surface area contributed by atoms with Gasteiger partial charge in [-0.2, -0.15) is 0 Å². The van der Waals surface area contributed by atoms with Crippen LogP contribution >= 0.6 is 24.0 Å². The summed E-state index contributed by atoms with van der Waals surface area (Å²) < 4.78 is 18.6. The Bertz CT molecular complexity index is 441. The van der Waals surface area contributed by atoms with Gasteiger partial charge in [-0.3, -0.25) is 0 Å². The molecule has 1 aromatic rings. The summed E-state index contributed by atoms with van der Waals surface area (Å²) in [6.07, 6.45) is 0.883. The van der Waals surface area contributed by atoms with E-state index in [2.05, 4.69) is 24.2 Å². The molecule has 120 valence electrons. The van der Waals surface area contributed by atoms with Crippen LogP contribution in [0.15, 0.2) is 29.3 Å². The van der Waals surface area contributed by atoms with E-state index < -0.39 is 0 Å². The number of hydrogen-bond acceptors (Lipinski definition) is 2. The van der Waals surface area contributed by atoms with Crippen LogP contribution in [0.4, 0.5) is 4.39 Å². The largest absolute Gasteiger partial charge is 0.489 e. The molecule has 1 unspecified atom stereocenters. The molecule has 3 N–H and O–H groups in total. The molecule has 0 spiro atoms. The SMILES string of the molecule is CC(C)CCNC(N)=NCC(C)Oc1cccc(F)c1.I. The number of hydrogen-bond donors (Lipinski definition) is 2. The van der Waals surface area contributed by atoms with Crippen molar-refractivity contribution in [3.8, 4) is 5.75 Å². The summed E-state index contributed by atoms with van der Waals surface area (Å²) in [5.41, 5.74) is 5.75. The molecule has 0 fully saturated rings. The van der Waals surface area contributed by atoms with E-state index >= 15 is 0 Å². The number of rotatable bonds is 7. The summed E-state index contributed by atoms with van der Waals surface area (Å²) in [5, 5.41) is 3.05. The van der Waals surface area contributed by atoms with Crippen LogP contribution in [0.2, 0.25) is 0 Å². The highest BCUT2D eigenvalue weighted by atomic mass is 127. The number of nitrogens with zero attached hydrogens (tertiary/aromatic N) is 1. The van der Waals surface area contributed by atoms with Crippen LogP contribution in [0, 0.1) is 11.7 Å². The second kappa shape index (κ2) is 10.6. The Morgan fingerprint density at radius 2 is 2.10 bits per heavy atom. The Kier molecular flexibility index (Phi) is 10.1. The summed E-state index contributed by atoms with van der Waals surface area (Å²) in [6, 6.07) is 6.06. The van der Waals surface area contributed by atoms with Crippen LogP contribution in [0.25, 0.3) is 0 Å². The normalized spacial score (nSPS) is 12.7. The number of ether oxygens (including phenoxy) is 1. The molecule has 0 radical (unpaired) electrons. The lowest BCUT2D eigenvalue weighted by Gasteiger charge is -2.13. The lowest BCUT2D eigenvalue weighted by Crippen LogP contribution is -2.34. The van der Waals surface area contributed by atoms with E-state index in [1.807, 2.05) is 6.92 Å². The van der Waals surface area contributed by atoms with Gasteiger partial charge in [-0.05, 0) is 31.4 Å². The van der Waals surface area contributed by atoms with E-state index in [1.165, 1.54) is 12.1 Å². The van der Waals surface area contributed by atoms with Crippen LogP contribution < -0.4 is 15.8 Å². The first-order valence-corrected chi connectivity index (χ1v) is 6.93. The second-order valence-electron chi connectivity index (χ2n) is 5.22. The van der Waals surface area contributed by atoms with Crippen LogP contribution in [-0.4, -0.2) is 25.2 Å². The van der Waals surface area contributed by atoms with Crippen molar-refractivity contribution in [1.82, 2.24) is 5.32 Å². The van der Waals surface area contributed by atoms with E-state index in [4.69, 9.17) is 10.5 Å². The summed E-state index contributed by atoms with van der Waals surface area (Å²) in [6.45, 7) is 7.42. The molecule has 0 saturated heterocycles. The number of nitrogens with one attached hydrogen (secondary N) is 1. The van der Waals surface area contributed by atoms with E-state index in [-0.39, 0.29) is 35.9 Å². The Hall–Kier alpha value is -1.05. The highest BCUT2D eigenvalue weighted by Crippen LogP contribution is 2.13. The molecule has 0 amide bonds. The molecule has 0 bridgehead atoms. The van der Waals surface area contributed by atoms with E-state index in [0.29, 0.717) is 24.2 Å². The zero-order valence-electron chi connectivity index (χ0n) is 12.8. The van der Waals surface area contributed by atoms with Crippen LogP contribution in [0.1, 0.15) is 27.2 Å². The lowest BCUT2D eigenvalue weighted by molar-refractivity contribution is 0.229.